The van der Waals surface area contributed by atoms with E-state index in [1.165, 1.54) is 0 Å². The van der Waals surface area contributed by atoms with E-state index >= 15 is 0 Å². The third kappa shape index (κ3) is 1.66. The highest BCUT2D eigenvalue weighted by atomic mass is 16.6. The summed E-state index contributed by atoms with van der Waals surface area (Å²) in [5, 5.41) is 10.4. The van der Waals surface area contributed by atoms with Gasteiger partial charge in [-0.25, -0.2) is 0 Å². The van der Waals surface area contributed by atoms with Crippen LogP contribution in [0.1, 0.15) is 25.7 Å². The molecule has 0 heterocycles. The first-order valence-corrected chi connectivity index (χ1v) is 3.75. The summed E-state index contributed by atoms with van der Waals surface area (Å²) in [6.45, 7) is 0. The van der Waals surface area contributed by atoms with E-state index in [2.05, 4.69) is 0 Å². The van der Waals surface area contributed by atoms with Crippen LogP contribution in [0.2, 0.25) is 0 Å². The Morgan fingerprint density at radius 1 is 1.45 bits per heavy atom. The third-order valence-electron chi connectivity index (χ3n) is 2.21. The minimum absolute atomic E-state index is 0.362. The van der Waals surface area contributed by atoms with Gasteiger partial charge in [0.1, 0.15) is 5.66 Å². The molecule has 1 aliphatic carbocycles. The predicted octanol–water partition coefficient (Wildman–Crippen LogP) is -0.181. The van der Waals surface area contributed by atoms with Crippen LogP contribution in [0, 0.1) is 10.1 Å². The molecular formula is C6H13N3O2. The molecule has 0 bridgehead atoms. The molecule has 0 aromatic rings. The van der Waals surface area contributed by atoms with Gasteiger partial charge in [-0.05, 0) is 19.3 Å². The first kappa shape index (κ1) is 8.42. The number of hydrogen-bond donors (Lipinski definition) is 2. The Bertz CT molecular complexity index is 169. The Morgan fingerprint density at radius 2 is 2.09 bits per heavy atom. The van der Waals surface area contributed by atoms with Crippen molar-refractivity contribution in [3.63, 3.8) is 0 Å². The van der Waals surface area contributed by atoms with Crippen LogP contribution in [0.3, 0.4) is 0 Å². The third-order valence-corrected chi connectivity index (χ3v) is 2.21. The van der Waals surface area contributed by atoms with Crippen molar-refractivity contribution in [2.45, 2.75) is 37.4 Å². The smallest absolute Gasteiger partial charge is 0.243 e. The molecule has 0 aliphatic heterocycles. The molecule has 0 spiro atoms. The first-order valence-electron chi connectivity index (χ1n) is 3.75. The van der Waals surface area contributed by atoms with Gasteiger partial charge in [-0.3, -0.25) is 10.1 Å². The lowest BCUT2D eigenvalue weighted by Crippen LogP contribution is -2.62. The molecule has 0 saturated heterocycles. The SMILES string of the molecule is NC1(N)CCCCC1[N+](=O)[O-]. The van der Waals surface area contributed by atoms with Crippen molar-refractivity contribution in [3.05, 3.63) is 10.1 Å². The summed E-state index contributed by atoms with van der Waals surface area (Å²) in [5.41, 5.74) is 10.0. The number of nitrogens with zero attached hydrogens (tertiary/aromatic N) is 1. The van der Waals surface area contributed by atoms with Crippen LogP contribution in [-0.4, -0.2) is 16.6 Å². The molecule has 1 fully saturated rings. The molecule has 64 valence electrons. The highest BCUT2D eigenvalue weighted by Gasteiger charge is 2.42. The maximum atomic E-state index is 10.4. The van der Waals surface area contributed by atoms with Gasteiger partial charge in [-0.15, -0.1) is 0 Å². The lowest BCUT2D eigenvalue weighted by Gasteiger charge is -2.31. The largest absolute Gasteiger partial charge is 0.308 e. The highest BCUT2D eigenvalue weighted by molar-refractivity contribution is 4.89. The van der Waals surface area contributed by atoms with E-state index in [1.807, 2.05) is 0 Å². The standard InChI is InChI=1S/C6H13N3O2/c7-6(8)4-2-1-3-5(6)9(10)11/h5H,1-4,7-8H2. The molecule has 0 aromatic carbocycles. The molecule has 5 heteroatoms. The van der Waals surface area contributed by atoms with Crippen molar-refractivity contribution in [2.75, 3.05) is 0 Å². The van der Waals surface area contributed by atoms with E-state index in [1.54, 1.807) is 0 Å². The van der Waals surface area contributed by atoms with Gasteiger partial charge < -0.3 is 11.5 Å². The van der Waals surface area contributed by atoms with Crippen LogP contribution in [0.25, 0.3) is 0 Å². The van der Waals surface area contributed by atoms with Gasteiger partial charge in [0.15, 0.2) is 0 Å². The van der Waals surface area contributed by atoms with Crippen LogP contribution in [0.15, 0.2) is 0 Å². The van der Waals surface area contributed by atoms with Crippen LogP contribution >= 0.6 is 0 Å². The Balaban J connectivity index is 2.67. The Hall–Kier alpha value is -0.680. The van der Waals surface area contributed by atoms with E-state index in [9.17, 15) is 10.1 Å². The molecule has 1 unspecified atom stereocenters. The van der Waals surface area contributed by atoms with E-state index in [-0.39, 0.29) is 4.92 Å². The summed E-state index contributed by atoms with van der Waals surface area (Å²) in [4.78, 5) is 10.1. The van der Waals surface area contributed by atoms with Crippen LogP contribution in [0.5, 0.6) is 0 Å². The topological polar surface area (TPSA) is 95.2 Å². The van der Waals surface area contributed by atoms with Crippen molar-refractivity contribution in [1.82, 2.24) is 0 Å². The normalized spacial score (nSPS) is 29.8. The monoisotopic (exact) mass is 159 g/mol. The summed E-state index contributed by atoms with van der Waals surface area (Å²) >= 11 is 0. The molecule has 1 rings (SSSR count). The van der Waals surface area contributed by atoms with Crippen LogP contribution in [0.4, 0.5) is 0 Å². The minimum Gasteiger partial charge on any atom is -0.308 e. The molecule has 0 aromatic heterocycles. The van der Waals surface area contributed by atoms with Crippen LogP contribution < -0.4 is 11.5 Å². The molecule has 5 nitrogen and oxygen atoms in total. The molecule has 1 saturated carbocycles. The first-order chi connectivity index (χ1) is 5.04. The summed E-state index contributed by atoms with van der Waals surface area (Å²) in [7, 11) is 0. The van der Waals surface area contributed by atoms with Gasteiger partial charge in [-0.2, -0.15) is 0 Å². The summed E-state index contributed by atoms with van der Waals surface area (Å²) in [6.07, 6.45) is 2.83. The van der Waals surface area contributed by atoms with Gasteiger partial charge in [0.25, 0.3) is 0 Å². The summed E-state index contributed by atoms with van der Waals surface area (Å²) < 4.78 is 0. The molecule has 1 aliphatic rings. The van der Waals surface area contributed by atoms with E-state index < -0.39 is 11.7 Å². The predicted molar refractivity (Wildman–Crippen MR) is 40.4 cm³/mol. The Morgan fingerprint density at radius 3 is 2.45 bits per heavy atom. The Labute approximate surface area is 64.9 Å². The number of hydrogen-bond acceptors (Lipinski definition) is 4. The molecule has 4 N–H and O–H groups in total. The maximum absolute atomic E-state index is 10.4. The zero-order valence-electron chi connectivity index (χ0n) is 6.32. The second-order valence-corrected chi connectivity index (χ2v) is 3.16. The van der Waals surface area contributed by atoms with Crippen molar-refractivity contribution in [2.24, 2.45) is 11.5 Å². The fraction of sp³-hybridized carbons (Fsp3) is 1.00. The molecule has 1 atom stereocenters. The van der Waals surface area contributed by atoms with E-state index in [4.69, 9.17) is 11.5 Å². The van der Waals surface area contributed by atoms with Gasteiger partial charge >= 0.3 is 0 Å². The summed E-state index contributed by atoms with van der Waals surface area (Å²) in [5.74, 6) is 0. The second kappa shape index (κ2) is 2.75. The van der Waals surface area contributed by atoms with Crippen molar-refractivity contribution < 1.29 is 4.92 Å². The second-order valence-electron chi connectivity index (χ2n) is 3.16. The Kier molecular flexibility index (Phi) is 2.10. The van der Waals surface area contributed by atoms with E-state index in [0.29, 0.717) is 12.8 Å². The molecule has 11 heavy (non-hydrogen) atoms. The lowest BCUT2D eigenvalue weighted by atomic mass is 9.86. The number of rotatable bonds is 1. The molecular weight excluding hydrogens is 146 g/mol. The molecule has 0 amide bonds. The summed E-state index contributed by atoms with van der Waals surface area (Å²) in [6, 6.07) is -0.753. The fourth-order valence-corrected chi connectivity index (χ4v) is 1.51. The molecule has 0 radical (unpaired) electrons. The van der Waals surface area contributed by atoms with Crippen molar-refractivity contribution in [3.8, 4) is 0 Å². The lowest BCUT2D eigenvalue weighted by molar-refractivity contribution is -0.537. The zero-order valence-corrected chi connectivity index (χ0v) is 6.32. The van der Waals surface area contributed by atoms with Gasteiger partial charge in [0.2, 0.25) is 6.04 Å². The zero-order chi connectivity index (χ0) is 8.48. The van der Waals surface area contributed by atoms with Crippen LogP contribution in [-0.2, 0) is 0 Å². The highest BCUT2D eigenvalue weighted by Crippen LogP contribution is 2.23. The maximum Gasteiger partial charge on any atom is 0.243 e. The fourth-order valence-electron chi connectivity index (χ4n) is 1.51. The van der Waals surface area contributed by atoms with E-state index in [0.717, 1.165) is 12.8 Å². The quantitative estimate of drug-likeness (QED) is 0.315. The number of nitrogens with two attached hydrogens (primary N) is 2. The van der Waals surface area contributed by atoms with Gasteiger partial charge in [0, 0.05) is 11.3 Å². The number of nitro groups is 1. The van der Waals surface area contributed by atoms with Gasteiger partial charge in [0.05, 0.1) is 0 Å². The average Bonchev–Trinajstić information content (AvgIpc) is 1.85. The minimum atomic E-state index is -1.08. The average molecular weight is 159 g/mol. The van der Waals surface area contributed by atoms with Gasteiger partial charge in [-0.1, -0.05) is 0 Å². The van der Waals surface area contributed by atoms with Crippen molar-refractivity contribution in [1.29, 1.82) is 0 Å². The van der Waals surface area contributed by atoms with Crippen molar-refractivity contribution >= 4 is 0 Å².